The zero-order valence-corrected chi connectivity index (χ0v) is 17.0. The molecule has 3 aromatic rings. The third-order valence-electron chi connectivity index (χ3n) is 4.93. The maximum atomic E-state index is 13.1. The van der Waals surface area contributed by atoms with Crippen molar-refractivity contribution in [2.75, 3.05) is 6.61 Å². The molecule has 1 fully saturated rings. The Labute approximate surface area is 175 Å². The molecule has 0 radical (unpaired) electrons. The maximum Gasteiger partial charge on any atom is 0.267 e. The fourth-order valence-electron chi connectivity index (χ4n) is 3.31. The Kier molecular flexibility index (Phi) is 4.71. The first-order valence-corrected chi connectivity index (χ1v) is 10.2. The van der Waals surface area contributed by atoms with Crippen molar-refractivity contribution in [1.29, 1.82) is 0 Å². The number of halogens is 1. The maximum absolute atomic E-state index is 13.1. The highest BCUT2D eigenvalue weighted by Crippen LogP contribution is 2.34. The molecule has 0 N–H and O–H groups in total. The van der Waals surface area contributed by atoms with Gasteiger partial charge in [0, 0.05) is 10.5 Å². The summed E-state index contributed by atoms with van der Waals surface area (Å²) in [5.41, 5.74) is 0.816. The standard InChI is InChI=1S/C21H18BrN3O4/c22-15-6-2-1-5-14(15)20-24-23-19(29-20)11-25(13-9-10-13)21(26)18-12-27-16-7-3-4-8-17(16)28-18/h1-8,13,18H,9-12H2/t18-/m1/s1. The van der Waals surface area contributed by atoms with Crippen LogP contribution in [0.4, 0.5) is 0 Å². The molecule has 2 aromatic carbocycles. The summed E-state index contributed by atoms with van der Waals surface area (Å²) >= 11 is 3.49. The average molecular weight is 456 g/mol. The molecule has 1 aliphatic heterocycles. The molecular formula is C21H18BrN3O4. The van der Waals surface area contributed by atoms with Gasteiger partial charge >= 0.3 is 0 Å². The minimum Gasteiger partial charge on any atom is -0.485 e. The van der Waals surface area contributed by atoms with Gasteiger partial charge in [0.1, 0.15) is 6.61 Å². The van der Waals surface area contributed by atoms with E-state index in [0.717, 1.165) is 22.9 Å². The zero-order valence-electron chi connectivity index (χ0n) is 15.5. The molecule has 0 saturated heterocycles. The summed E-state index contributed by atoms with van der Waals surface area (Å²) in [4.78, 5) is 14.9. The van der Waals surface area contributed by atoms with Crippen LogP contribution in [0.5, 0.6) is 11.5 Å². The van der Waals surface area contributed by atoms with Gasteiger partial charge in [-0.3, -0.25) is 4.79 Å². The molecule has 148 valence electrons. The van der Waals surface area contributed by atoms with Crippen molar-refractivity contribution >= 4 is 21.8 Å². The van der Waals surface area contributed by atoms with E-state index in [2.05, 4.69) is 26.1 Å². The number of carbonyl (C=O) groups is 1. The van der Waals surface area contributed by atoms with Crippen molar-refractivity contribution in [3.63, 3.8) is 0 Å². The smallest absolute Gasteiger partial charge is 0.267 e. The highest BCUT2D eigenvalue weighted by Gasteiger charge is 2.39. The van der Waals surface area contributed by atoms with E-state index in [1.54, 1.807) is 11.0 Å². The summed E-state index contributed by atoms with van der Waals surface area (Å²) < 4.78 is 18.3. The van der Waals surface area contributed by atoms with Crippen LogP contribution in [0.3, 0.4) is 0 Å². The molecule has 7 nitrogen and oxygen atoms in total. The molecule has 29 heavy (non-hydrogen) atoms. The number of carbonyl (C=O) groups excluding carboxylic acids is 1. The first-order valence-electron chi connectivity index (χ1n) is 9.45. The number of fused-ring (bicyclic) bond motifs is 1. The lowest BCUT2D eigenvalue weighted by molar-refractivity contribution is -0.142. The Bertz CT molecular complexity index is 1050. The Balaban J connectivity index is 1.33. The van der Waals surface area contributed by atoms with Crippen LogP contribution < -0.4 is 9.47 Å². The predicted octanol–water partition coefficient (Wildman–Crippen LogP) is 3.83. The Morgan fingerprint density at radius 3 is 2.62 bits per heavy atom. The van der Waals surface area contributed by atoms with Crippen molar-refractivity contribution < 1.29 is 18.7 Å². The zero-order chi connectivity index (χ0) is 19.8. The largest absolute Gasteiger partial charge is 0.485 e. The summed E-state index contributed by atoms with van der Waals surface area (Å²) in [7, 11) is 0. The van der Waals surface area contributed by atoms with Gasteiger partial charge in [-0.05, 0) is 53.0 Å². The van der Waals surface area contributed by atoms with Crippen molar-refractivity contribution in [1.82, 2.24) is 15.1 Å². The second kappa shape index (κ2) is 7.51. The van der Waals surface area contributed by atoms with E-state index in [0.29, 0.717) is 23.3 Å². The van der Waals surface area contributed by atoms with Crippen LogP contribution in [0.1, 0.15) is 18.7 Å². The molecule has 1 atom stereocenters. The Morgan fingerprint density at radius 2 is 1.83 bits per heavy atom. The fourth-order valence-corrected chi connectivity index (χ4v) is 3.76. The Morgan fingerprint density at radius 1 is 1.07 bits per heavy atom. The van der Waals surface area contributed by atoms with Crippen molar-refractivity contribution in [3.8, 4) is 23.0 Å². The van der Waals surface area contributed by atoms with Crippen LogP contribution in [0.25, 0.3) is 11.5 Å². The van der Waals surface area contributed by atoms with E-state index >= 15 is 0 Å². The van der Waals surface area contributed by atoms with Crippen molar-refractivity contribution in [3.05, 3.63) is 58.9 Å². The molecule has 0 spiro atoms. The lowest BCUT2D eigenvalue weighted by Crippen LogP contribution is -2.47. The van der Waals surface area contributed by atoms with Crippen LogP contribution in [0.15, 0.2) is 57.4 Å². The topological polar surface area (TPSA) is 77.7 Å². The van der Waals surface area contributed by atoms with Crippen LogP contribution in [-0.4, -0.2) is 39.8 Å². The first-order chi connectivity index (χ1) is 14.2. The van der Waals surface area contributed by atoms with E-state index in [4.69, 9.17) is 13.9 Å². The SMILES string of the molecule is O=C([C@H]1COc2ccccc2O1)N(Cc1nnc(-c2ccccc2Br)o1)C1CC1. The van der Waals surface area contributed by atoms with E-state index in [1.807, 2.05) is 42.5 Å². The monoisotopic (exact) mass is 455 g/mol. The second-order valence-corrected chi connectivity index (χ2v) is 7.90. The highest BCUT2D eigenvalue weighted by molar-refractivity contribution is 9.10. The molecule has 0 bridgehead atoms. The van der Waals surface area contributed by atoms with Gasteiger partial charge in [0.15, 0.2) is 11.5 Å². The van der Waals surface area contributed by atoms with Gasteiger partial charge in [-0.25, -0.2) is 0 Å². The molecular weight excluding hydrogens is 438 g/mol. The predicted molar refractivity (Wildman–Crippen MR) is 107 cm³/mol. The average Bonchev–Trinajstić information content (AvgIpc) is 3.49. The van der Waals surface area contributed by atoms with E-state index in [1.165, 1.54) is 0 Å². The number of aromatic nitrogens is 2. The quantitative estimate of drug-likeness (QED) is 0.581. The van der Waals surface area contributed by atoms with Crippen LogP contribution in [0.2, 0.25) is 0 Å². The van der Waals surface area contributed by atoms with E-state index in [-0.39, 0.29) is 25.1 Å². The highest BCUT2D eigenvalue weighted by atomic mass is 79.9. The number of amides is 1. The van der Waals surface area contributed by atoms with Gasteiger partial charge in [0.05, 0.1) is 12.1 Å². The van der Waals surface area contributed by atoms with E-state index in [9.17, 15) is 4.79 Å². The van der Waals surface area contributed by atoms with Crippen LogP contribution in [-0.2, 0) is 11.3 Å². The Hall–Kier alpha value is -2.87. The number of rotatable bonds is 5. The lowest BCUT2D eigenvalue weighted by Gasteiger charge is -2.30. The lowest BCUT2D eigenvalue weighted by atomic mass is 10.2. The summed E-state index contributed by atoms with van der Waals surface area (Å²) in [6, 6.07) is 15.2. The number of nitrogens with zero attached hydrogens (tertiary/aromatic N) is 3. The molecule has 2 aliphatic rings. The summed E-state index contributed by atoms with van der Waals surface area (Å²) in [5.74, 6) is 1.93. The van der Waals surface area contributed by atoms with Gasteiger partial charge in [0.2, 0.25) is 17.9 Å². The third-order valence-corrected chi connectivity index (χ3v) is 5.62. The summed E-state index contributed by atoms with van der Waals surface area (Å²) in [6.07, 6.45) is 1.23. The van der Waals surface area contributed by atoms with Crippen molar-refractivity contribution in [2.45, 2.75) is 31.5 Å². The summed E-state index contributed by atoms with van der Waals surface area (Å²) in [5, 5.41) is 8.28. The van der Waals surface area contributed by atoms with Crippen LogP contribution in [0, 0.1) is 0 Å². The second-order valence-electron chi connectivity index (χ2n) is 7.04. The van der Waals surface area contributed by atoms with Crippen molar-refractivity contribution in [2.24, 2.45) is 0 Å². The molecule has 1 aliphatic carbocycles. The molecule has 0 unspecified atom stereocenters. The number of benzene rings is 2. The van der Waals surface area contributed by atoms with Gasteiger partial charge in [-0.15, -0.1) is 10.2 Å². The van der Waals surface area contributed by atoms with Gasteiger partial charge in [-0.2, -0.15) is 0 Å². The number of para-hydroxylation sites is 2. The number of hydrogen-bond acceptors (Lipinski definition) is 6. The van der Waals surface area contributed by atoms with Crippen LogP contribution >= 0.6 is 15.9 Å². The number of hydrogen-bond donors (Lipinski definition) is 0. The summed E-state index contributed by atoms with van der Waals surface area (Å²) in [6.45, 7) is 0.438. The minimum absolute atomic E-state index is 0.123. The minimum atomic E-state index is -0.684. The van der Waals surface area contributed by atoms with E-state index < -0.39 is 6.10 Å². The molecule has 5 rings (SSSR count). The molecule has 1 saturated carbocycles. The molecule has 1 aromatic heterocycles. The first kappa shape index (κ1) is 18.2. The van der Waals surface area contributed by atoms with Gasteiger partial charge in [-0.1, -0.05) is 24.3 Å². The normalized spacial score (nSPS) is 17.8. The van der Waals surface area contributed by atoms with Gasteiger partial charge < -0.3 is 18.8 Å². The fraction of sp³-hybridized carbons (Fsp3) is 0.286. The molecule has 8 heteroatoms. The molecule has 2 heterocycles. The van der Waals surface area contributed by atoms with Gasteiger partial charge in [0.25, 0.3) is 5.91 Å². The number of ether oxygens (including phenoxy) is 2. The third kappa shape index (κ3) is 3.72. The molecule has 1 amide bonds.